The van der Waals surface area contributed by atoms with Crippen LogP contribution in [0.2, 0.25) is 0 Å². The van der Waals surface area contributed by atoms with Crippen LogP contribution in [0.1, 0.15) is 29.2 Å². The van der Waals surface area contributed by atoms with Crippen LogP contribution in [0.4, 0.5) is 4.39 Å². The van der Waals surface area contributed by atoms with Gasteiger partial charge in [0.15, 0.2) is 0 Å². The highest BCUT2D eigenvalue weighted by atomic mass is 19.1. The van der Waals surface area contributed by atoms with E-state index in [0.717, 1.165) is 11.4 Å². The smallest absolute Gasteiger partial charge is 0.237 e. The summed E-state index contributed by atoms with van der Waals surface area (Å²) in [5.74, 6) is 0.229. The van der Waals surface area contributed by atoms with Gasteiger partial charge < -0.3 is 15.4 Å². The number of carbonyl (C=O) groups is 2. The summed E-state index contributed by atoms with van der Waals surface area (Å²) in [4.78, 5) is 35.4. The molecule has 2 N–H and O–H groups in total. The molecule has 2 amide bonds. The average Bonchev–Trinajstić information content (AvgIpc) is 2.71. The van der Waals surface area contributed by atoms with Gasteiger partial charge in [-0.3, -0.25) is 14.5 Å². The normalized spacial score (nSPS) is 16.6. The summed E-state index contributed by atoms with van der Waals surface area (Å²) in [6.45, 7) is 5.41. The molecule has 2 aromatic rings. The lowest BCUT2D eigenvalue weighted by molar-refractivity contribution is -0.134. The Morgan fingerprint density at radius 1 is 1.29 bits per heavy atom. The zero-order valence-electron chi connectivity index (χ0n) is 18.1. The summed E-state index contributed by atoms with van der Waals surface area (Å²) in [7, 11) is 1.48. The second-order valence-corrected chi connectivity index (χ2v) is 7.61. The Hall–Kier alpha value is -3.07. The summed E-state index contributed by atoms with van der Waals surface area (Å²) in [5, 5.41) is 5.62. The van der Waals surface area contributed by atoms with Crippen LogP contribution in [0, 0.1) is 19.7 Å². The molecule has 2 heterocycles. The number of nitrogens with zero attached hydrogens (tertiary/aromatic N) is 3. The van der Waals surface area contributed by atoms with Crippen molar-refractivity contribution in [2.45, 2.75) is 39.3 Å². The summed E-state index contributed by atoms with van der Waals surface area (Å²) in [6.07, 6.45) is 0.503. The largest absolute Gasteiger partial charge is 0.497 e. The van der Waals surface area contributed by atoms with E-state index in [4.69, 9.17) is 4.74 Å². The molecule has 1 unspecified atom stereocenters. The van der Waals surface area contributed by atoms with E-state index < -0.39 is 11.9 Å². The number of aromatic nitrogens is 2. The number of ether oxygens (including phenoxy) is 1. The van der Waals surface area contributed by atoms with Gasteiger partial charge in [-0.25, -0.2) is 14.4 Å². The Bertz CT molecular complexity index is 932. The number of halogens is 1. The fraction of sp³-hybridized carbons (Fsp3) is 0.455. The maximum atomic E-state index is 14.4. The summed E-state index contributed by atoms with van der Waals surface area (Å²) in [6, 6.07) is 5.87. The van der Waals surface area contributed by atoms with Crippen molar-refractivity contribution in [2.75, 3.05) is 26.7 Å². The number of carbonyl (C=O) groups excluding carboxylic acids is 2. The number of aryl methyl sites for hydroxylation is 2. The molecule has 1 atom stereocenters. The van der Waals surface area contributed by atoms with Crippen molar-refractivity contribution >= 4 is 11.8 Å². The van der Waals surface area contributed by atoms with Crippen LogP contribution in [-0.4, -0.2) is 59.5 Å². The molecule has 1 aromatic carbocycles. The Morgan fingerprint density at radius 2 is 2.03 bits per heavy atom. The molecule has 0 spiro atoms. The summed E-state index contributed by atoms with van der Waals surface area (Å²) >= 11 is 0. The lowest BCUT2D eigenvalue weighted by Crippen LogP contribution is -2.56. The van der Waals surface area contributed by atoms with Crippen molar-refractivity contribution < 1.29 is 18.7 Å². The van der Waals surface area contributed by atoms with E-state index in [2.05, 4.69) is 20.6 Å². The lowest BCUT2D eigenvalue weighted by atomic mass is 10.1. The quantitative estimate of drug-likeness (QED) is 0.657. The zero-order valence-corrected chi connectivity index (χ0v) is 18.1. The van der Waals surface area contributed by atoms with E-state index in [1.165, 1.54) is 13.2 Å². The van der Waals surface area contributed by atoms with Crippen LogP contribution in [0.5, 0.6) is 5.75 Å². The van der Waals surface area contributed by atoms with E-state index in [0.29, 0.717) is 43.2 Å². The van der Waals surface area contributed by atoms with Gasteiger partial charge in [-0.05, 0) is 26.0 Å². The van der Waals surface area contributed by atoms with E-state index >= 15 is 0 Å². The molecule has 166 valence electrons. The van der Waals surface area contributed by atoms with Gasteiger partial charge in [-0.15, -0.1) is 0 Å². The second-order valence-electron chi connectivity index (χ2n) is 7.61. The van der Waals surface area contributed by atoms with Crippen LogP contribution >= 0.6 is 0 Å². The molecule has 1 aliphatic rings. The molecule has 9 heteroatoms. The first-order chi connectivity index (χ1) is 14.9. The number of piperazine rings is 1. The first-order valence-corrected chi connectivity index (χ1v) is 10.3. The van der Waals surface area contributed by atoms with E-state index in [1.54, 1.807) is 12.1 Å². The van der Waals surface area contributed by atoms with Crippen molar-refractivity contribution in [1.82, 2.24) is 25.5 Å². The molecule has 1 fully saturated rings. The molecular formula is C22H28FN5O3. The van der Waals surface area contributed by atoms with Crippen LogP contribution in [0.3, 0.4) is 0 Å². The van der Waals surface area contributed by atoms with Crippen LogP contribution in [0.25, 0.3) is 0 Å². The fourth-order valence-corrected chi connectivity index (χ4v) is 3.65. The minimum atomic E-state index is -0.660. The molecular weight excluding hydrogens is 401 g/mol. The molecule has 1 aliphatic heterocycles. The standard InChI is InChI=1S/C22H28FN5O3/c1-14-10-15(2)27-20(26-14)6-7-24-21(29)12-19-22(30)25-8-9-28(19)13-16-4-5-17(31-3)11-18(16)23/h4-5,10-11,19H,6-9,12-13H2,1-3H3,(H,24,29)(H,25,30). The highest BCUT2D eigenvalue weighted by Crippen LogP contribution is 2.20. The molecule has 31 heavy (non-hydrogen) atoms. The molecule has 0 radical (unpaired) electrons. The van der Waals surface area contributed by atoms with Crippen molar-refractivity contribution in [1.29, 1.82) is 0 Å². The van der Waals surface area contributed by atoms with Crippen molar-refractivity contribution in [2.24, 2.45) is 0 Å². The lowest BCUT2D eigenvalue weighted by Gasteiger charge is -2.34. The Balaban J connectivity index is 1.58. The number of nitrogens with one attached hydrogen (secondary N) is 2. The molecule has 0 bridgehead atoms. The zero-order chi connectivity index (χ0) is 22.4. The number of hydrogen-bond acceptors (Lipinski definition) is 6. The van der Waals surface area contributed by atoms with Crippen LogP contribution < -0.4 is 15.4 Å². The second kappa shape index (κ2) is 10.3. The molecule has 1 aromatic heterocycles. The summed E-state index contributed by atoms with van der Waals surface area (Å²) in [5.41, 5.74) is 2.22. The number of amides is 2. The van der Waals surface area contributed by atoms with Gasteiger partial charge in [0.25, 0.3) is 0 Å². The average molecular weight is 429 g/mol. The Labute approximate surface area is 181 Å². The minimum Gasteiger partial charge on any atom is -0.497 e. The molecule has 0 saturated carbocycles. The predicted molar refractivity (Wildman–Crippen MR) is 113 cm³/mol. The van der Waals surface area contributed by atoms with Crippen LogP contribution in [-0.2, 0) is 22.6 Å². The topological polar surface area (TPSA) is 96.5 Å². The molecule has 8 nitrogen and oxygen atoms in total. The third kappa shape index (κ3) is 6.21. The molecule has 0 aliphatic carbocycles. The van der Waals surface area contributed by atoms with Gasteiger partial charge in [0.05, 0.1) is 19.6 Å². The Morgan fingerprint density at radius 3 is 2.71 bits per heavy atom. The van der Waals surface area contributed by atoms with Gasteiger partial charge in [-0.2, -0.15) is 0 Å². The maximum absolute atomic E-state index is 14.4. The van der Waals surface area contributed by atoms with Gasteiger partial charge in [0.1, 0.15) is 17.4 Å². The number of rotatable bonds is 8. The third-order valence-corrected chi connectivity index (χ3v) is 5.15. The van der Waals surface area contributed by atoms with Gasteiger partial charge in [0.2, 0.25) is 11.8 Å². The van der Waals surface area contributed by atoms with Crippen molar-refractivity contribution in [3.05, 3.63) is 52.9 Å². The van der Waals surface area contributed by atoms with E-state index in [1.807, 2.05) is 24.8 Å². The SMILES string of the molecule is COc1ccc(CN2CCNC(=O)C2CC(=O)NCCc2nc(C)cc(C)n2)c(F)c1. The first kappa shape index (κ1) is 22.6. The maximum Gasteiger partial charge on any atom is 0.237 e. The number of methoxy groups -OCH3 is 1. The monoisotopic (exact) mass is 429 g/mol. The molecule has 3 rings (SSSR count). The molecule has 1 saturated heterocycles. The Kier molecular flexibility index (Phi) is 7.51. The first-order valence-electron chi connectivity index (χ1n) is 10.3. The summed E-state index contributed by atoms with van der Waals surface area (Å²) < 4.78 is 19.4. The van der Waals surface area contributed by atoms with Crippen molar-refractivity contribution in [3.63, 3.8) is 0 Å². The van der Waals surface area contributed by atoms with E-state index in [-0.39, 0.29) is 24.8 Å². The number of benzene rings is 1. The minimum absolute atomic E-state index is 0.00267. The van der Waals surface area contributed by atoms with Gasteiger partial charge >= 0.3 is 0 Å². The van der Waals surface area contributed by atoms with Gasteiger partial charge in [0, 0.05) is 55.6 Å². The highest BCUT2D eigenvalue weighted by Gasteiger charge is 2.32. The highest BCUT2D eigenvalue weighted by molar-refractivity contribution is 5.88. The van der Waals surface area contributed by atoms with Crippen LogP contribution in [0.15, 0.2) is 24.3 Å². The van der Waals surface area contributed by atoms with Gasteiger partial charge in [-0.1, -0.05) is 6.07 Å². The third-order valence-electron chi connectivity index (χ3n) is 5.15. The fourth-order valence-electron chi connectivity index (χ4n) is 3.65. The van der Waals surface area contributed by atoms with E-state index in [9.17, 15) is 14.0 Å². The predicted octanol–water partition coefficient (Wildman–Crippen LogP) is 1.29. The number of hydrogen-bond donors (Lipinski definition) is 2. The van der Waals surface area contributed by atoms with Crippen molar-refractivity contribution in [3.8, 4) is 5.75 Å².